The maximum absolute atomic E-state index is 2.52. The zero-order valence-corrected chi connectivity index (χ0v) is 34.7. The van der Waals surface area contributed by atoms with Crippen LogP contribution in [0.3, 0.4) is 0 Å². The number of nitrogens with zero attached hydrogens (tertiary/aromatic N) is 1. The van der Waals surface area contributed by atoms with E-state index in [1.54, 1.807) is 0 Å². The lowest BCUT2D eigenvalue weighted by Crippen LogP contribution is -2.17. The first kappa shape index (κ1) is 35.9. The van der Waals surface area contributed by atoms with Gasteiger partial charge in [0, 0.05) is 27.8 Å². The van der Waals surface area contributed by atoms with E-state index in [-0.39, 0.29) is 10.8 Å². The van der Waals surface area contributed by atoms with Gasteiger partial charge in [0.15, 0.2) is 0 Å². The van der Waals surface area contributed by atoms with Crippen molar-refractivity contribution in [2.45, 2.75) is 76.5 Å². The lowest BCUT2D eigenvalue weighted by atomic mass is 9.81. The number of hydrogen-bond donors (Lipinski definition) is 0. The summed E-state index contributed by atoms with van der Waals surface area (Å²) >= 11 is 0. The largest absolute Gasteiger partial charge is 0.310 e. The monoisotopic (exact) mass is 761 g/mol. The Bertz CT molecular complexity index is 2910. The van der Waals surface area contributed by atoms with Crippen LogP contribution in [0.4, 0.5) is 17.1 Å². The maximum Gasteiger partial charge on any atom is 0.0546 e. The van der Waals surface area contributed by atoms with Crippen LogP contribution >= 0.6 is 0 Å². The summed E-state index contributed by atoms with van der Waals surface area (Å²) in [4.78, 5) is 2.52. The Morgan fingerprint density at radius 3 is 1.85 bits per heavy atom. The van der Waals surface area contributed by atoms with Crippen LogP contribution in [-0.4, -0.2) is 0 Å². The molecule has 0 aromatic heterocycles. The molecule has 8 aromatic carbocycles. The van der Waals surface area contributed by atoms with Crippen LogP contribution in [0.5, 0.6) is 0 Å². The highest BCUT2D eigenvalue weighted by molar-refractivity contribution is 5.99. The highest BCUT2D eigenvalue weighted by atomic mass is 15.1. The molecular formula is C58H51N. The molecule has 0 atom stereocenters. The van der Waals surface area contributed by atoms with Crippen molar-refractivity contribution in [2.24, 2.45) is 0 Å². The van der Waals surface area contributed by atoms with Crippen LogP contribution in [0.1, 0.15) is 93.5 Å². The molecule has 0 aliphatic heterocycles. The van der Waals surface area contributed by atoms with E-state index in [0.29, 0.717) is 5.92 Å². The van der Waals surface area contributed by atoms with Gasteiger partial charge in [-0.3, -0.25) is 0 Å². The second-order valence-electron chi connectivity index (χ2n) is 18.4. The average molecular weight is 762 g/mol. The van der Waals surface area contributed by atoms with Gasteiger partial charge in [-0.1, -0.05) is 174 Å². The van der Waals surface area contributed by atoms with E-state index in [9.17, 15) is 0 Å². The van der Waals surface area contributed by atoms with Gasteiger partial charge in [-0.15, -0.1) is 0 Å². The molecule has 1 heteroatoms. The molecule has 3 aliphatic rings. The molecule has 8 aromatic rings. The minimum absolute atomic E-state index is 0.0306. The summed E-state index contributed by atoms with van der Waals surface area (Å²) in [6, 6.07) is 64.5. The molecule has 59 heavy (non-hydrogen) atoms. The average Bonchev–Trinajstić information content (AvgIpc) is 3.66. The Morgan fingerprint density at radius 1 is 0.407 bits per heavy atom. The third kappa shape index (κ3) is 5.73. The third-order valence-electron chi connectivity index (χ3n) is 14.3. The summed E-state index contributed by atoms with van der Waals surface area (Å²) in [5, 5.41) is 2.49. The van der Waals surface area contributed by atoms with Gasteiger partial charge in [-0.25, -0.2) is 0 Å². The summed E-state index contributed by atoms with van der Waals surface area (Å²) in [5.41, 5.74) is 20.9. The van der Waals surface area contributed by atoms with E-state index in [2.05, 4.69) is 202 Å². The van der Waals surface area contributed by atoms with Gasteiger partial charge in [0.05, 0.1) is 5.69 Å². The Morgan fingerprint density at radius 2 is 1.05 bits per heavy atom. The molecule has 0 amide bonds. The van der Waals surface area contributed by atoms with E-state index in [4.69, 9.17) is 0 Å². The van der Waals surface area contributed by atoms with Crippen molar-refractivity contribution in [1.82, 2.24) is 0 Å². The zero-order valence-electron chi connectivity index (χ0n) is 34.7. The number of rotatable bonds is 6. The Kier molecular flexibility index (Phi) is 8.35. The van der Waals surface area contributed by atoms with Crippen molar-refractivity contribution in [3.63, 3.8) is 0 Å². The van der Waals surface area contributed by atoms with Crippen molar-refractivity contribution < 1.29 is 0 Å². The highest BCUT2D eigenvalue weighted by Gasteiger charge is 2.39. The fourth-order valence-corrected chi connectivity index (χ4v) is 11.1. The normalized spacial score (nSPS) is 16.0. The van der Waals surface area contributed by atoms with Crippen molar-refractivity contribution in [2.75, 3.05) is 4.90 Å². The molecule has 0 spiro atoms. The van der Waals surface area contributed by atoms with E-state index >= 15 is 0 Å². The summed E-state index contributed by atoms with van der Waals surface area (Å²) in [5.74, 6) is 0.661. The summed E-state index contributed by atoms with van der Waals surface area (Å²) < 4.78 is 0. The van der Waals surface area contributed by atoms with E-state index in [1.165, 1.54) is 132 Å². The molecule has 1 saturated carbocycles. The third-order valence-corrected chi connectivity index (χ3v) is 14.3. The first-order valence-electron chi connectivity index (χ1n) is 21.8. The SMILES string of the molecule is CC1(C)c2ccc(-c3cccc4c3-c3ccccc3C4(C)C)cc2-c2ccc(N(c3ccc(C4CCCCC4)cc3)c3cc4ccccc4cc3-c3ccccc3)cc21. The van der Waals surface area contributed by atoms with Gasteiger partial charge in [0.1, 0.15) is 0 Å². The predicted octanol–water partition coefficient (Wildman–Crippen LogP) is 16.3. The Hall–Kier alpha value is -6.18. The molecule has 11 rings (SSSR count). The van der Waals surface area contributed by atoms with Gasteiger partial charge in [0.25, 0.3) is 0 Å². The lowest BCUT2D eigenvalue weighted by molar-refractivity contribution is 0.443. The fraction of sp³-hybridized carbons (Fsp3) is 0.207. The summed E-state index contributed by atoms with van der Waals surface area (Å²) in [7, 11) is 0. The Labute approximate surface area is 350 Å². The van der Waals surface area contributed by atoms with Crippen LogP contribution in [-0.2, 0) is 10.8 Å². The van der Waals surface area contributed by atoms with Crippen LogP contribution in [0, 0.1) is 0 Å². The summed E-state index contributed by atoms with van der Waals surface area (Å²) in [6.45, 7) is 9.56. The number of hydrogen-bond acceptors (Lipinski definition) is 1. The zero-order chi connectivity index (χ0) is 39.9. The molecule has 1 nitrogen and oxygen atoms in total. The van der Waals surface area contributed by atoms with Crippen LogP contribution in [0.15, 0.2) is 170 Å². The molecule has 3 aliphatic carbocycles. The Balaban J connectivity index is 1.07. The van der Waals surface area contributed by atoms with Gasteiger partial charge in [-0.05, 0) is 139 Å². The second-order valence-corrected chi connectivity index (χ2v) is 18.4. The standard InChI is InChI=1S/C58H51N/c1-57(2)51-24-14-13-22-48(51)56-46(23-15-25-53(56)57)43-28-33-52-50(35-43)47-32-31-45(37-54(47)58(52,3)4)59(44-29-26-39(27-30-44)38-16-7-5-8-17-38)55-36-42-21-12-11-20-41(42)34-49(55)40-18-9-6-10-19-40/h6,9-15,18-38H,5,7-8,16-17H2,1-4H3. The number of anilines is 3. The molecule has 0 unspecified atom stereocenters. The van der Waals surface area contributed by atoms with Crippen molar-refractivity contribution in [3.05, 3.63) is 198 Å². The molecule has 0 saturated heterocycles. The van der Waals surface area contributed by atoms with Crippen LogP contribution in [0.2, 0.25) is 0 Å². The topological polar surface area (TPSA) is 3.24 Å². The summed E-state index contributed by atoms with van der Waals surface area (Å²) in [6.07, 6.45) is 6.64. The predicted molar refractivity (Wildman–Crippen MR) is 250 cm³/mol. The molecule has 0 radical (unpaired) electrons. The maximum atomic E-state index is 2.52. The van der Waals surface area contributed by atoms with Gasteiger partial charge in [-0.2, -0.15) is 0 Å². The van der Waals surface area contributed by atoms with Gasteiger partial charge >= 0.3 is 0 Å². The van der Waals surface area contributed by atoms with Gasteiger partial charge < -0.3 is 4.90 Å². The first-order chi connectivity index (χ1) is 28.8. The smallest absolute Gasteiger partial charge is 0.0546 e. The minimum Gasteiger partial charge on any atom is -0.310 e. The van der Waals surface area contributed by atoms with Crippen molar-refractivity contribution in [1.29, 1.82) is 0 Å². The lowest BCUT2D eigenvalue weighted by Gasteiger charge is -2.31. The molecule has 0 N–H and O–H groups in total. The minimum atomic E-state index is -0.172. The molecule has 1 fully saturated rings. The quantitative estimate of drug-likeness (QED) is 0.163. The van der Waals surface area contributed by atoms with Gasteiger partial charge in [0.2, 0.25) is 0 Å². The van der Waals surface area contributed by atoms with Crippen molar-refractivity contribution in [3.8, 4) is 44.5 Å². The number of fused-ring (bicyclic) bond motifs is 7. The second kappa shape index (κ2) is 13.7. The van der Waals surface area contributed by atoms with E-state index in [0.717, 1.165) is 0 Å². The van der Waals surface area contributed by atoms with E-state index in [1.807, 2.05) is 0 Å². The molecule has 0 heterocycles. The molecule has 0 bridgehead atoms. The fourth-order valence-electron chi connectivity index (χ4n) is 11.1. The molecular weight excluding hydrogens is 711 g/mol. The van der Waals surface area contributed by atoms with Crippen LogP contribution in [0.25, 0.3) is 55.3 Å². The highest BCUT2D eigenvalue weighted by Crippen LogP contribution is 2.55. The van der Waals surface area contributed by atoms with E-state index < -0.39 is 0 Å². The van der Waals surface area contributed by atoms with Crippen molar-refractivity contribution >= 4 is 27.8 Å². The van der Waals surface area contributed by atoms with Crippen LogP contribution < -0.4 is 4.90 Å². The first-order valence-corrected chi connectivity index (χ1v) is 21.8. The molecule has 288 valence electrons. The number of benzene rings is 8.